The summed E-state index contributed by atoms with van der Waals surface area (Å²) >= 11 is 0. The van der Waals surface area contributed by atoms with Crippen LogP contribution in [0.2, 0.25) is 0 Å². The fourth-order valence-electron chi connectivity index (χ4n) is 2.72. The summed E-state index contributed by atoms with van der Waals surface area (Å²) in [5.74, 6) is -0.274. The van der Waals surface area contributed by atoms with Crippen molar-refractivity contribution in [1.29, 1.82) is 0 Å². The lowest BCUT2D eigenvalue weighted by Crippen LogP contribution is -2.06. The number of hydrogen-bond donors (Lipinski definition) is 1. The lowest BCUT2D eigenvalue weighted by molar-refractivity contribution is -0.141. The first-order chi connectivity index (χ1) is 12.3. The van der Waals surface area contributed by atoms with Crippen molar-refractivity contribution < 1.29 is 17.6 Å². The van der Waals surface area contributed by atoms with Gasteiger partial charge in [0.2, 0.25) is 0 Å². The summed E-state index contributed by atoms with van der Waals surface area (Å²) in [5, 5.41) is 6.63. The van der Waals surface area contributed by atoms with Crippen molar-refractivity contribution in [3.05, 3.63) is 71.2 Å². The van der Waals surface area contributed by atoms with Gasteiger partial charge in [0, 0.05) is 24.8 Å². The van der Waals surface area contributed by atoms with E-state index in [9.17, 15) is 17.6 Å². The molecule has 0 saturated carbocycles. The summed E-state index contributed by atoms with van der Waals surface area (Å²) in [6.45, 7) is 2.16. The number of aromatic nitrogens is 2. The molecule has 2 aromatic carbocycles. The molecular weight excluding hydrogens is 346 g/mol. The van der Waals surface area contributed by atoms with E-state index in [0.717, 1.165) is 17.3 Å². The minimum absolute atomic E-state index is 0.274. The molecular formula is C19H17F4N3. The van der Waals surface area contributed by atoms with E-state index in [1.54, 1.807) is 30.3 Å². The smallest absolute Gasteiger partial charge is 0.381 e. The Morgan fingerprint density at radius 2 is 1.77 bits per heavy atom. The van der Waals surface area contributed by atoms with Crippen LogP contribution in [0.1, 0.15) is 16.8 Å². The molecule has 0 fully saturated rings. The fraction of sp³-hybridized carbons (Fsp3) is 0.211. The van der Waals surface area contributed by atoms with E-state index in [4.69, 9.17) is 0 Å². The van der Waals surface area contributed by atoms with Gasteiger partial charge >= 0.3 is 6.18 Å². The summed E-state index contributed by atoms with van der Waals surface area (Å²) in [7, 11) is 1.47. The minimum Gasteiger partial charge on any atom is -0.381 e. The number of halogens is 4. The molecule has 0 aliphatic heterocycles. The van der Waals surface area contributed by atoms with Crippen LogP contribution in [0.3, 0.4) is 0 Å². The molecule has 0 radical (unpaired) electrons. The molecule has 7 heteroatoms. The Kier molecular flexibility index (Phi) is 4.71. The Hall–Kier alpha value is -2.83. The summed E-state index contributed by atoms with van der Waals surface area (Å²) in [5.41, 5.74) is 2.24. The summed E-state index contributed by atoms with van der Waals surface area (Å²) in [6, 6.07) is 12.8. The van der Waals surface area contributed by atoms with Gasteiger partial charge in [-0.15, -0.1) is 0 Å². The second-order valence-corrected chi connectivity index (χ2v) is 6.00. The molecule has 0 amide bonds. The molecule has 3 aromatic rings. The van der Waals surface area contributed by atoms with E-state index in [-0.39, 0.29) is 5.82 Å². The van der Waals surface area contributed by atoms with Crippen molar-refractivity contribution in [3.63, 3.8) is 0 Å². The highest BCUT2D eigenvalue weighted by Crippen LogP contribution is 2.31. The predicted octanol–water partition coefficient (Wildman–Crippen LogP) is 5.17. The Morgan fingerprint density at radius 3 is 2.35 bits per heavy atom. The topological polar surface area (TPSA) is 29.9 Å². The average molecular weight is 363 g/mol. The van der Waals surface area contributed by atoms with Gasteiger partial charge in [-0.2, -0.15) is 18.3 Å². The molecule has 0 spiro atoms. The number of aryl methyl sites for hydroxylation is 2. The molecule has 136 valence electrons. The van der Waals surface area contributed by atoms with Gasteiger partial charge in [-0.3, -0.25) is 4.68 Å². The quantitative estimate of drug-likeness (QED) is 0.649. The highest BCUT2D eigenvalue weighted by Gasteiger charge is 2.34. The van der Waals surface area contributed by atoms with Gasteiger partial charge < -0.3 is 5.32 Å². The van der Waals surface area contributed by atoms with Crippen molar-refractivity contribution in [1.82, 2.24) is 9.78 Å². The van der Waals surface area contributed by atoms with Gasteiger partial charge in [-0.1, -0.05) is 24.3 Å². The van der Waals surface area contributed by atoms with Crippen LogP contribution in [0.25, 0.3) is 11.3 Å². The van der Waals surface area contributed by atoms with Gasteiger partial charge in [-0.25, -0.2) is 4.39 Å². The number of hydrogen-bond acceptors (Lipinski definition) is 2. The van der Waals surface area contributed by atoms with Crippen LogP contribution < -0.4 is 5.32 Å². The van der Waals surface area contributed by atoms with Crippen molar-refractivity contribution >= 4 is 5.69 Å². The number of nitrogens with one attached hydrogen (secondary N) is 1. The third-order valence-electron chi connectivity index (χ3n) is 4.17. The number of nitrogens with zero attached hydrogens (tertiary/aromatic N) is 2. The predicted molar refractivity (Wildman–Crippen MR) is 92.1 cm³/mol. The van der Waals surface area contributed by atoms with Crippen molar-refractivity contribution in [2.45, 2.75) is 19.6 Å². The van der Waals surface area contributed by atoms with Crippen molar-refractivity contribution in [3.8, 4) is 11.3 Å². The fourth-order valence-corrected chi connectivity index (χ4v) is 2.72. The van der Waals surface area contributed by atoms with Crippen LogP contribution >= 0.6 is 0 Å². The first-order valence-electron chi connectivity index (χ1n) is 7.95. The molecule has 0 aliphatic rings. The number of anilines is 1. The molecule has 1 heterocycles. The largest absolute Gasteiger partial charge is 0.435 e. The summed E-state index contributed by atoms with van der Waals surface area (Å²) < 4.78 is 53.4. The zero-order chi connectivity index (χ0) is 18.9. The van der Waals surface area contributed by atoms with E-state index in [0.29, 0.717) is 23.4 Å². The van der Waals surface area contributed by atoms with E-state index in [1.165, 1.54) is 17.8 Å². The van der Waals surface area contributed by atoms with Gasteiger partial charge in [-0.05, 0) is 42.3 Å². The van der Waals surface area contributed by atoms with Crippen LogP contribution in [0.4, 0.5) is 23.2 Å². The van der Waals surface area contributed by atoms with Crippen molar-refractivity contribution in [2.75, 3.05) is 5.32 Å². The number of rotatable bonds is 4. The zero-order valence-electron chi connectivity index (χ0n) is 14.2. The van der Waals surface area contributed by atoms with Crippen LogP contribution in [0.5, 0.6) is 0 Å². The van der Waals surface area contributed by atoms with E-state index < -0.39 is 11.9 Å². The summed E-state index contributed by atoms with van der Waals surface area (Å²) in [4.78, 5) is 0. The normalized spacial score (nSPS) is 11.6. The standard InChI is InChI=1S/C19H17F4N3/c1-12-4-3-5-16(20)15(12)11-24-14-8-6-13(7-9-14)17-10-18(19(21,22)23)25-26(17)2/h3-10,24H,11H2,1-2H3. The maximum Gasteiger partial charge on any atom is 0.435 e. The van der Waals surface area contributed by atoms with E-state index in [1.807, 2.05) is 13.0 Å². The van der Waals surface area contributed by atoms with Gasteiger partial charge in [0.25, 0.3) is 0 Å². The first kappa shape index (κ1) is 18.0. The van der Waals surface area contributed by atoms with Gasteiger partial charge in [0.1, 0.15) is 5.82 Å². The van der Waals surface area contributed by atoms with Crippen LogP contribution in [0.15, 0.2) is 48.5 Å². The minimum atomic E-state index is -4.48. The first-order valence-corrected chi connectivity index (χ1v) is 7.95. The van der Waals surface area contributed by atoms with E-state index >= 15 is 0 Å². The third kappa shape index (κ3) is 3.71. The van der Waals surface area contributed by atoms with Crippen LogP contribution in [-0.4, -0.2) is 9.78 Å². The average Bonchev–Trinajstić information content (AvgIpc) is 2.97. The second kappa shape index (κ2) is 6.82. The second-order valence-electron chi connectivity index (χ2n) is 6.00. The van der Waals surface area contributed by atoms with Gasteiger partial charge in [0.15, 0.2) is 5.69 Å². The third-order valence-corrected chi connectivity index (χ3v) is 4.17. The molecule has 3 rings (SSSR count). The maximum atomic E-state index is 13.8. The molecule has 0 unspecified atom stereocenters. The Morgan fingerprint density at radius 1 is 1.08 bits per heavy atom. The molecule has 0 saturated heterocycles. The highest BCUT2D eigenvalue weighted by molar-refractivity contribution is 5.63. The highest BCUT2D eigenvalue weighted by atomic mass is 19.4. The lowest BCUT2D eigenvalue weighted by atomic mass is 10.1. The Balaban J connectivity index is 1.76. The molecule has 0 aliphatic carbocycles. The zero-order valence-corrected chi connectivity index (χ0v) is 14.2. The molecule has 0 bridgehead atoms. The molecule has 26 heavy (non-hydrogen) atoms. The van der Waals surface area contributed by atoms with Crippen molar-refractivity contribution in [2.24, 2.45) is 7.05 Å². The lowest BCUT2D eigenvalue weighted by Gasteiger charge is -2.11. The molecule has 3 nitrogen and oxygen atoms in total. The van der Waals surface area contributed by atoms with Crippen LogP contribution in [0, 0.1) is 12.7 Å². The van der Waals surface area contributed by atoms with Crippen LogP contribution in [-0.2, 0) is 19.8 Å². The number of benzene rings is 2. The number of alkyl halides is 3. The maximum absolute atomic E-state index is 13.8. The summed E-state index contributed by atoms with van der Waals surface area (Å²) in [6.07, 6.45) is -4.48. The SMILES string of the molecule is Cc1cccc(F)c1CNc1ccc(-c2cc(C(F)(F)F)nn2C)cc1. The Bertz CT molecular complexity index is 891. The van der Waals surface area contributed by atoms with Gasteiger partial charge in [0.05, 0.1) is 5.69 Å². The molecule has 1 aromatic heterocycles. The van der Waals surface area contributed by atoms with E-state index in [2.05, 4.69) is 10.4 Å². The molecule has 1 N–H and O–H groups in total. The molecule has 0 atom stereocenters. The Labute approximate surface area is 148 Å². The monoisotopic (exact) mass is 363 g/mol.